The van der Waals surface area contributed by atoms with Crippen LogP contribution in [-0.2, 0) is 0 Å². The van der Waals surface area contributed by atoms with E-state index in [4.69, 9.17) is 0 Å². The van der Waals surface area contributed by atoms with E-state index >= 15 is 0 Å². The molecule has 0 radical (unpaired) electrons. The van der Waals surface area contributed by atoms with Gasteiger partial charge in [-0.1, -0.05) is 0 Å². The lowest BCUT2D eigenvalue weighted by Gasteiger charge is -2.05. The van der Waals surface area contributed by atoms with Gasteiger partial charge in [-0.15, -0.1) is 0 Å². The maximum atomic E-state index is 4.15. The van der Waals surface area contributed by atoms with Gasteiger partial charge in [-0.3, -0.25) is 5.43 Å². The Bertz CT molecular complexity index is 510. The third-order valence-electron chi connectivity index (χ3n) is 2.13. The molecular formula is C8H7N5. The molecule has 5 heteroatoms. The van der Waals surface area contributed by atoms with Crippen molar-refractivity contribution in [1.29, 1.82) is 0 Å². The molecule has 0 fully saturated rings. The maximum Gasteiger partial charge on any atom is 0.137 e. The topological polar surface area (TPSA) is 54.6 Å². The predicted octanol–water partition coefficient (Wildman–Crippen LogP) is 0.797. The van der Waals surface area contributed by atoms with E-state index in [0.29, 0.717) is 0 Å². The molecule has 5 nitrogen and oxygen atoms in total. The number of nitrogens with zero attached hydrogens (tertiary/aromatic N) is 4. The second-order valence-electron chi connectivity index (χ2n) is 2.98. The van der Waals surface area contributed by atoms with Gasteiger partial charge < -0.3 is 0 Å². The molecule has 0 bridgehead atoms. The van der Waals surface area contributed by atoms with Crippen molar-refractivity contribution in [2.45, 2.75) is 6.92 Å². The minimum Gasteiger partial charge on any atom is -0.276 e. The summed E-state index contributed by atoms with van der Waals surface area (Å²) in [6.07, 6.45) is 3.24. The van der Waals surface area contributed by atoms with E-state index in [9.17, 15) is 0 Å². The first kappa shape index (κ1) is 6.59. The van der Waals surface area contributed by atoms with Gasteiger partial charge in [0.25, 0.3) is 0 Å². The van der Waals surface area contributed by atoms with Crippen LogP contribution in [0.2, 0.25) is 0 Å². The van der Waals surface area contributed by atoms with E-state index in [2.05, 4.69) is 20.6 Å². The second-order valence-corrected chi connectivity index (χ2v) is 2.98. The van der Waals surface area contributed by atoms with Crippen molar-refractivity contribution in [1.82, 2.24) is 14.6 Å². The zero-order valence-electron chi connectivity index (χ0n) is 7.02. The molecule has 2 aromatic rings. The van der Waals surface area contributed by atoms with Gasteiger partial charge in [0, 0.05) is 5.69 Å². The van der Waals surface area contributed by atoms with Gasteiger partial charge in [-0.25, -0.2) is 9.50 Å². The normalized spacial score (nSPS) is 13.3. The quantitative estimate of drug-likeness (QED) is 0.641. The molecule has 64 valence electrons. The summed E-state index contributed by atoms with van der Waals surface area (Å²) in [6, 6.07) is 2.00. The molecule has 3 heterocycles. The first-order valence-electron chi connectivity index (χ1n) is 3.99. The minimum absolute atomic E-state index is 0.858. The number of aryl methyl sites for hydroxylation is 1. The van der Waals surface area contributed by atoms with Crippen LogP contribution in [0.5, 0.6) is 0 Å². The molecular weight excluding hydrogens is 166 g/mol. The third-order valence-corrected chi connectivity index (χ3v) is 2.13. The zero-order valence-corrected chi connectivity index (χ0v) is 7.02. The Kier molecular flexibility index (Phi) is 1.05. The van der Waals surface area contributed by atoms with Gasteiger partial charge in [0.05, 0.1) is 11.9 Å². The van der Waals surface area contributed by atoms with Crippen molar-refractivity contribution in [3.8, 4) is 0 Å². The van der Waals surface area contributed by atoms with Crippen molar-refractivity contribution >= 4 is 17.4 Å². The molecule has 0 aromatic carbocycles. The van der Waals surface area contributed by atoms with Crippen molar-refractivity contribution in [2.24, 2.45) is 5.10 Å². The molecule has 0 unspecified atom stereocenters. The van der Waals surface area contributed by atoms with Crippen LogP contribution in [-0.4, -0.2) is 20.8 Å². The Morgan fingerprint density at radius 3 is 3.31 bits per heavy atom. The standard InChI is InChI=1S/C8H7N5/c1-5-2-6-8-7(3-10-12-6)9-4-11-13(5)8/h2-4,12H,1H3. The third kappa shape index (κ3) is 0.729. The number of nitrogens with one attached hydrogen (secondary N) is 1. The fraction of sp³-hybridized carbons (Fsp3) is 0.125. The molecule has 0 amide bonds. The smallest absolute Gasteiger partial charge is 0.137 e. The highest BCUT2D eigenvalue weighted by molar-refractivity contribution is 5.96. The summed E-state index contributed by atoms with van der Waals surface area (Å²) in [6.45, 7) is 2.00. The highest BCUT2D eigenvalue weighted by Gasteiger charge is 2.13. The van der Waals surface area contributed by atoms with Crippen LogP contribution in [0.4, 0.5) is 5.69 Å². The molecule has 1 aliphatic heterocycles. The maximum absolute atomic E-state index is 4.15. The Labute approximate surface area is 74.1 Å². The molecule has 2 aromatic heterocycles. The van der Waals surface area contributed by atoms with Gasteiger partial charge in [-0.05, 0) is 13.0 Å². The summed E-state index contributed by atoms with van der Waals surface area (Å²) in [4.78, 5) is 4.13. The summed E-state index contributed by atoms with van der Waals surface area (Å²) in [7, 11) is 0. The average Bonchev–Trinajstić information content (AvgIpc) is 2.47. The van der Waals surface area contributed by atoms with E-state index in [1.807, 2.05) is 17.5 Å². The fourth-order valence-electron chi connectivity index (χ4n) is 1.57. The van der Waals surface area contributed by atoms with Crippen LogP contribution < -0.4 is 5.43 Å². The summed E-state index contributed by atoms with van der Waals surface area (Å²) in [5, 5.41) is 8.13. The molecule has 1 N–H and O–H groups in total. The van der Waals surface area contributed by atoms with Crippen molar-refractivity contribution in [3.05, 3.63) is 23.8 Å². The summed E-state index contributed by atoms with van der Waals surface area (Å²) < 4.78 is 1.86. The van der Waals surface area contributed by atoms with Gasteiger partial charge in [0.15, 0.2) is 0 Å². The number of hydrazone groups is 1. The first-order chi connectivity index (χ1) is 6.36. The molecule has 13 heavy (non-hydrogen) atoms. The van der Waals surface area contributed by atoms with Crippen LogP contribution in [0.3, 0.4) is 0 Å². The molecule has 0 atom stereocenters. The first-order valence-corrected chi connectivity index (χ1v) is 3.99. The molecule has 1 aliphatic rings. The molecule has 0 saturated heterocycles. The largest absolute Gasteiger partial charge is 0.276 e. The Morgan fingerprint density at radius 2 is 2.38 bits per heavy atom. The van der Waals surface area contributed by atoms with Crippen molar-refractivity contribution in [2.75, 3.05) is 5.43 Å². The number of hydrogen-bond donors (Lipinski definition) is 1. The van der Waals surface area contributed by atoms with Gasteiger partial charge >= 0.3 is 0 Å². The van der Waals surface area contributed by atoms with Crippen molar-refractivity contribution in [3.63, 3.8) is 0 Å². The highest BCUT2D eigenvalue weighted by atomic mass is 15.3. The molecule has 3 rings (SSSR count). The van der Waals surface area contributed by atoms with E-state index in [-0.39, 0.29) is 0 Å². The summed E-state index contributed by atoms with van der Waals surface area (Å²) in [5.41, 5.74) is 6.81. The van der Waals surface area contributed by atoms with Crippen molar-refractivity contribution < 1.29 is 0 Å². The lowest BCUT2D eigenvalue weighted by Crippen LogP contribution is -2.04. The summed E-state index contributed by atoms with van der Waals surface area (Å²) >= 11 is 0. The average molecular weight is 173 g/mol. The van der Waals surface area contributed by atoms with Crippen LogP contribution in [0.15, 0.2) is 17.5 Å². The SMILES string of the molecule is Cc1cc2c3c(ncnn13)C=NN2. The van der Waals surface area contributed by atoms with E-state index in [1.54, 1.807) is 6.21 Å². The van der Waals surface area contributed by atoms with Crippen LogP contribution in [0.25, 0.3) is 5.52 Å². The molecule has 0 saturated carbocycles. The van der Waals surface area contributed by atoms with Gasteiger partial charge in [0.1, 0.15) is 17.5 Å². The Morgan fingerprint density at radius 1 is 1.46 bits per heavy atom. The van der Waals surface area contributed by atoms with Gasteiger partial charge in [0.2, 0.25) is 0 Å². The highest BCUT2D eigenvalue weighted by Crippen LogP contribution is 2.24. The number of hydrogen-bond acceptors (Lipinski definition) is 4. The summed E-state index contributed by atoms with van der Waals surface area (Å²) in [5.74, 6) is 0. The number of anilines is 1. The van der Waals surface area contributed by atoms with Crippen LogP contribution >= 0.6 is 0 Å². The van der Waals surface area contributed by atoms with E-state index in [1.165, 1.54) is 6.33 Å². The number of aromatic nitrogens is 3. The van der Waals surface area contributed by atoms with E-state index < -0.39 is 0 Å². The van der Waals surface area contributed by atoms with E-state index in [0.717, 1.165) is 22.6 Å². The zero-order chi connectivity index (χ0) is 8.84. The van der Waals surface area contributed by atoms with Crippen LogP contribution in [0, 0.1) is 6.92 Å². The second kappa shape index (κ2) is 2.07. The molecule has 0 aliphatic carbocycles. The Hall–Kier alpha value is -1.91. The predicted molar refractivity (Wildman–Crippen MR) is 48.9 cm³/mol. The molecule has 0 spiro atoms. The van der Waals surface area contributed by atoms with Crippen LogP contribution in [0.1, 0.15) is 11.4 Å². The lowest BCUT2D eigenvalue weighted by molar-refractivity contribution is 0.868. The van der Waals surface area contributed by atoms with Gasteiger partial charge in [-0.2, -0.15) is 10.2 Å². The monoisotopic (exact) mass is 173 g/mol. The Balaban J connectivity index is 2.57. The lowest BCUT2D eigenvalue weighted by atomic mass is 10.3. The fourth-order valence-corrected chi connectivity index (χ4v) is 1.57. The number of rotatable bonds is 0. The minimum atomic E-state index is 0.858.